The van der Waals surface area contributed by atoms with Gasteiger partial charge in [0.05, 0.1) is 24.4 Å². The van der Waals surface area contributed by atoms with E-state index in [9.17, 15) is 9.90 Å². The molecule has 174 valence electrons. The first-order chi connectivity index (χ1) is 16.1. The molecule has 1 saturated carbocycles. The molecule has 2 amide bonds. The number of carbonyl (C=O) groups excluding carboxylic acids is 1. The van der Waals surface area contributed by atoms with Crippen molar-refractivity contribution < 1.29 is 14.6 Å². The third-order valence-corrected chi connectivity index (χ3v) is 7.02. The van der Waals surface area contributed by atoms with Crippen LogP contribution in [0.5, 0.6) is 5.75 Å². The van der Waals surface area contributed by atoms with Gasteiger partial charge in [-0.15, -0.1) is 0 Å². The number of pyridine rings is 1. The molecule has 33 heavy (non-hydrogen) atoms. The standard InChI is InChI=1S/C26H32N4O3/c1-33-22-8-4-6-18(16-22)24-23-9-2-3-15-30(23)25(28-24)19-7-5-14-29(17-19)26(32)27-20-10-12-21(31)13-11-20/h2-4,6,8-9,15-16,19-21,31H,5,7,10-14,17H2,1H3,(H,27,32)/t19-,20?,21?/m1/s1. The molecule has 2 aliphatic rings. The minimum Gasteiger partial charge on any atom is -0.497 e. The average molecular weight is 449 g/mol. The van der Waals surface area contributed by atoms with Crippen LogP contribution in [0.15, 0.2) is 48.7 Å². The molecule has 0 radical (unpaired) electrons. The molecule has 3 heterocycles. The number of carbonyl (C=O) groups is 1. The summed E-state index contributed by atoms with van der Waals surface area (Å²) in [4.78, 5) is 20.0. The van der Waals surface area contributed by atoms with Crippen LogP contribution in [0.4, 0.5) is 4.79 Å². The van der Waals surface area contributed by atoms with Crippen LogP contribution >= 0.6 is 0 Å². The number of hydrogen-bond donors (Lipinski definition) is 2. The number of piperidine rings is 1. The molecule has 1 aliphatic carbocycles. The van der Waals surface area contributed by atoms with E-state index in [-0.39, 0.29) is 24.1 Å². The van der Waals surface area contributed by atoms with E-state index >= 15 is 0 Å². The second kappa shape index (κ2) is 9.43. The fourth-order valence-corrected chi connectivity index (χ4v) is 5.19. The van der Waals surface area contributed by atoms with Crippen molar-refractivity contribution in [1.29, 1.82) is 0 Å². The van der Waals surface area contributed by atoms with Crippen molar-refractivity contribution in [2.75, 3.05) is 20.2 Å². The van der Waals surface area contributed by atoms with Crippen LogP contribution in [0, 0.1) is 0 Å². The third kappa shape index (κ3) is 4.55. The highest BCUT2D eigenvalue weighted by Crippen LogP contribution is 2.33. The SMILES string of the molecule is COc1cccc(-c2nc([C@@H]3CCCN(C(=O)NC4CCC(O)CC4)C3)n3ccccc23)c1. The van der Waals surface area contributed by atoms with Crippen LogP contribution in [0.1, 0.15) is 50.3 Å². The summed E-state index contributed by atoms with van der Waals surface area (Å²) in [5.74, 6) is 1.98. The topological polar surface area (TPSA) is 79.1 Å². The zero-order valence-electron chi connectivity index (χ0n) is 19.1. The molecule has 0 unspecified atom stereocenters. The van der Waals surface area contributed by atoms with Crippen molar-refractivity contribution in [1.82, 2.24) is 19.6 Å². The molecular weight excluding hydrogens is 416 g/mol. The number of imidazole rings is 1. The number of aliphatic hydroxyl groups is 1. The number of aromatic nitrogens is 2. The molecule has 7 nitrogen and oxygen atoms in total. The number of ether oxygens (including phenoxy) is 1. The fraction of sp³-hybridized carbons (Fsp3) is 0.462. The highest BCUT2D eigenvalue weighted by Gasteiger charge is 2.30. The number of amides is 2. The first-order valence-corrected chi connectivity index (χ1v) is 12.0. The van der Waals surface area contributed by atoms with Gasteiger partial charge in [0, 0.05) is 36.8 Å². The van der Waals surface area contributed by atoms with Gasteiger partial charge in [0.2, 0.25) is 0 Å². The van der Waals surface area contributed by atoms with E-state index in [0.29, 0.717) is 6.54 Å². The molecule has 7 heteroatoms. The molecule has 1 aromatic carbocycles. The maximum Gasteiger partial charge on any atom is 0.317 e. The predicted octanol–water partition coefficient (Wildman–Crippen LogP) is 4.20. The van der Waals surface area contributed by atoms with Crippen LogP contribution in [0.2, 0.25) is 0 Å². The molecule has 2 aromatic heterocycles. The summed E-state index contributed by atoms with van der Waals surface area (Å²) >= 11 is 0. The quantitative estimate of drug-likeness (QED) is 0.627. The minimum absolute atomic E-state index is 0.00923. The van der Waals surface area contributed by atoms with Gasteiger partial charge in [0.25, 0.3) is 0 Å². The maximum absolute atomic E-state index is 13.0. The third-order valence-electron chi connectivity index (χ3n) is 7.02. The molecule has 2 N–H and O–H groups in total. The van der Waals surface area contributed by atoms with Gasteiger partial charge in [-0.2, -0.15) is 0 Å². The van der Waals surface area contributed by atoms with Crippen molar-refractivity contribution in [3.63, 3.8) is 0 Å². The van der Waals surface area contributed by atoms with E-state index in [1.165, 1.54) is 0 Å². The first-order valence-electron chi connectivity index (χ1n) is 12.0. The van der Waals surface area contributed by atoms with Crippen molar-refractivity contribution in [3.05, 3.63) is 54.5 Å². The van der Waals surface area contributed by atoms with Crippen LogP contribution in [-0.2, 0) is 0 Å². The number of hydrogen-bond acceptors (Lipinski definition) is 4. The van der Waals surface area contributed by atoms with Gasteiger partial charge in [-0.3, -0.25) is 0 Å². The Morgan fingerprint density at radius 1 is 1.12 bits per heavy atom. The monoisotopic (exact) mass is 448 g/mol. The number of rotatable bonds is 4. The van der Waals surface area contributed by atoms with Gasteiger partial charge in [-0.05, 0) is 62.8 Å². The van der Waals surface area contributed by atoms with E-state index < -0.39 is 0 Å². The summed E-state index contributed by atoms with van der Waals surface area (Å²) in [6.45, 7) is 1.43. The number of nitrogens with one attached hydrogen (secondary N) is 1. The van der Waals surface area contributed by atoms with Crippen LogP contribution < -0.4 is 10.1 Å². The molecule has 3 aromatic rings. The zero-order valence-corrected chi connectivity index (χ0v) is 19.1. The molecule has 2 fully saturated rings. The summed E-state index contributed by atoms with van der Waals surface area (Å²) in [6, 6.07) is 14.3. The van der Waals surface area contributed by atoms with Crippen molar-refractivity contribution in [2.24, 2.45) is 0 Å². The zero-order chi connectivity index (χ0) is 22.8. The Kier molecular flexibility index (Phi) is 6.22. The van der Waals surface area contributed by atoms with Gasteiger partial charge in [0.15, 0.2) is 0 Å². The van der Waals surface area contributed by atoms with Gasteiger partial charge in [-0.25, -0.2) is 9.78 Å². The highest BCUT2D eigenvalue weighted by atomic mass is 16.5. The number of benzene rings is 1. The second-order valence-electron chi connectivity index (χ2n) is 9.25. The first kappa shape index (κ1) is 21.8. The Balaban J connectivity index is 1.38. The number of likely N-dealkylation sites (tertiary alicyclic amines) is 1. The van der Waals surface area contributed by atoms with Crippen molar-refractivity contribution in [3.8, 4) is 17.0 Å². The maximum atomic E-state index is 13.0. The van der Waals surface area contributed by atoms with Gasteiger partial charge in [0.1, 0.15) is 11.6 Å². The Bertz CT molecular complexity index is 1120. The minimum atomic E-state index is -0.218. The molecular formula is C26H32N4O3. The van der Waals surface area contributed by atoms with E-state index in [1.54, 1.807) is 7.11 Å². The molecule has 5 rings (SSSR count). The number of urea groups is 1. The fourth-order valence-electron chi connectivity index (χ4n) is 5.19. The summed E-state index contributed by atoms with van der Waals surface area (Å²) < 4.78 is 7.59. The number of fused-ring (bicyclic) bond motifs is 1. The van der Waals surface area contributed by atoms with Crippen molar-refractivity contribution in [2.45, 2.75) is 56.6 Å². The van der Waals surface area contributed by atoms with Crippen LogP contribution in [0.3, 0.4) is 0 Å². The molecule has 0 bridgehead atoms. The van der Waals surface area contributed by atoms with Gasteiger partial charge >= 0.3 is 6.03 Å². The van der Waals surface area contributed by atoms with Gasteiger partial charge in [-0.1, -0.05) is 18.2 Å². The average Bonchev–Trinajstić information content (AvgIpc) is 3.25. The molecule has 1 saturated heterocycles. The van der Waals surface area contributed by atoms with E-state index in [2.05, 4.69) is 28.0 Å². The summed E-state index contributed by atoms with van der Waals surface area (Å²) in [6.07, 6.45) is 7.03. The predicted molar refractivity (Wildman–Crippen MR) is 128 cm³/mol. The molecule has 0 spiro atoms. The highest BCUT2D eigenvalue weighted by molar-refractivity contribution is 5.78. The number of methoxy groups -OCH3 is 1. The number of nitrogens with zero attached hydrogens (tertiary/aromatic N) is 3. The Hall–Kier alpha value is -3.06. The van der Waals surface area contributed by atoms with Crippen molar-refractivity contribution >= 4 is 11.5 Å². The van der Waals surface area contributed by atoms with Crippen LogP contribution in [0.25, 0.3) is 16.8 Å². The summed E-state index contributed by atoms with van der Waals surface area (Å²) in [7, 11) is 1.67. The Labute approximate surface area is 194 Å². The Morgan fingerprint density at radius 2 is 1.97 bits per heavy atom. The lowest BCUT2D eigenvalue weighted by molar-refractivity contribution is 0.114. The summed E-state index contributed by atoms with van der Waals surface area (Å²) in [5.41, 5.74) is 3.02. The second-order valence-corrected chi connectivity index (χ2v) is 9.25. The smallest absolute Gasteiger partial charge is 0.317 e. The Morgan fingerprint density at radius 3 is 2.79 bits per heavy atom. The summed E-state index contributed by atoms with van der Waals surface area (Å²) in [5, 5.41) is 12.9. The van der Waals surface area contributed by atoms with Gasteiger partial charge < -0.3 is 24.5 Å². The normalized spacial score (nSPS) is 23.5. The largest absolute Gasteiger partial charge is 0.497 e. The number of aliphatic hydroxyl groups excluding tert-OH is 1. The lowest BCUT2D eigenvalue weighted by Crippen LogP contribution is -2.49. The lowest BCUT2D eigenvalue weighted by Gasteiger charge is -2.34. The van der Waals surface area contributed by atoms with E-state index in [1.807, 2.05) is 35.2 Å². The van der Waals surface area contributed by atoms with E-state index in [0.717, 1.165) is 73.4 Å². The van der Waals surface area contributed by atoms with E-state index in [4.69, 9.17) is 9.72 Å². The van der Waals surface area contributed by atoms with Crippen LogP contribution in [-0.4, -0.2) is 57.8 Å². The lowest BCUT2D eigenvalue weighted by atomic mass is 9.93. The molecule has 1 aliphatic heterocycles. The molecule has 1 atom stereocenters.